The summed E-state index contributed by atoms with van der Waals surface area (Å²) in [7, 11) is 0. The number of benzene rings is 1. The average Bonchev–Trinajstić information content (AvgIpc) is 3.01. The second-order valence-corrected chi connectivity index (χ2v) is 6.20. The molecule has 112 valence electrons. The molecule has 0 aliphatic carbocycles. The highest BCUT2D eigenvalue weighted by Crippen LogP contribution is 2.40. The maximum Gasteiger partial charge on any atom is 0.280 e. The van der Waals surface area contributed by atoms with Crippen LogP contribution in [0.4, 0.5) is 0 Å². The number of para-hydroxylation sites is 1. The van der Waals surface area contributed by atoms with Gasteiger partial charge in [0, 0.05) is 6.42 Å². The van der Waals surface area contributed by atoms with Gasteiger partial charge in [-0.25, -0.2) is 9.66 Å². The topological polar surface area (TPSA) is 58.1 Å². The molecule has 1 saturated heterocycles. The van der Waals surface area contributed by atoms with Crippen molar-refractivity contribution in [3.63, 3.8) is 0 Å². The highest BCUT2D eigenvalue weighted by Gasteiger charge is 2.59. The zero-order valence-electron chi connectivity index (χ0n) is 12.9. The van der Waals surface area contributed by atoms with Crippen LogP contribution in [0.1, 0.15) is 33.5 Å². The lowest BCUT2D eigenvalue weighted by atomic mass is 10.1. The third-order valence-electron chi connectivity index (χ3n) is 4.32. The van der Waals surface area contributed by atoms with E-state index in [2.05, 4.69) is 4.98 Å². The van der Waals surface area contributed by atoms with Crippen molar-refractivity contribution < 1.29 is 5.11 Å². The SMILES string of the molecule is CCc1nc2ccccc2c(=O)n1N1[C@H]([C@@H](C)O)C1(C)C. The molecule has 0 saturated carbocycles. The molecule has 0 spiro atoms. The zero-order valence-corrected chi connectivity index (χ0v) is 12.9. The van der Waals surface area contributed by atoms with E-state index in [9.17, 15) is 9.90 Å². The first-order valence-electron chi connectivity index (χ1n) is 7.38. The molecule has 1 fully saturated rings. The summed E-state index contributed by atoms with van der Waals surface area (Å²) in [6, 6.07) is 7.33. The fraction of sp³-hybridized carbons (Fsp3) is 0.500. The summed E-state index contributed by atoms with van der Waals surface area (Å²) in [5.74, 6) is 0.731. The Hall–Kier alpha value is -1.88. The number of hydrogen-bond donors (Lipinski definition) is 1. The van der Waals surface area contributed by atoms with Crippen LogP contribution in [0.15, 0.2) is 29.1 Å². The van der Waals surface area contributed by atoms with Crippen LogP contribution in [0.5, 0.6) is 0 Å². The van der Waals surface area contributed by atoms with Gasteiger partial charge in [0.25, 0.3) is 5.56 Å². The van der Waals surface area contributed by atoms with Gasteiger partial charge in [0.2, 0.25) is 0 Å². The van der Waals surface area contributed by atoms with Crippen LogP contribution < -0.4 is 10.6 Å². The Kier molecular flexibility index (Phi) is 3.06. The molecular formula is C16H21N3O2. The number of aryl methyl sites for hydroxylation is 1. The van der Waals surface area contributed by atoms with Gasteiger partial charge in [-0.05, 0) is 32.9 Å². The Morgan fingerprint density at radius 1 is 1.38 bits per heavy atom. The van der Waals surface area contributed by atoms with E-state index >= 15 is 0 Å². The molecule has 1 aromatic carbocycles. The molecule has 2 heterocycles. The van der Waals surface area contributed by atoms with Crippen molar-refractivity contribution in [3.8, 4) is 0 Å². The quantitative estimate of drug-likeness (QED) is 0.868. The summed E-state index contributed by atoms with van der Waals surface area (Å²) >= 11 is 0. The normalized spacial score (nSPS) is 21.6. The minimum atomic E-state index is -0.497. The third-order valence-corrected chi connectivity index (χ3v) is 4.32. The van der Waals surface area contributed by atoms with E-state index in [1.54, 1.807) is 17.7 Å². The van der Waals surface area contributed by atoms with Gasteiger partial charge in [-0.15, -0.1) is 0 Å². The van der Waals surface area contributed by atoms with E-state index in [0.717, 1.165) is 11.3 Å². The second kappa shape index (κ2) is 4.56. The van der Waals surface area contributed by atoms with Crippen molar-refractivity contribution in [2.45, 2.75) is 51.8 Å². The van der Waals surface area contributed by atoms with Gasteiger partial charge < -0.3 is 5.11 Å². The smallest absolute Gasteiger partial charge is 0.280 e. The molecule has 1 aliphatic heterocycles. The lowest BCUT2D eigenvalue weighted by Crippen LogP contribution is -2.37. The minimum Gasteiger partial charge on any atom is -0.391 e. The first-order valence-corrected chi connectivity index (χ1v) is 7.38. The van der Waals surface area contributed by atoms with Gasteiger partial charge in [0.05, 0.1) is 28.6 Å². The molecule has 0 bridgehead atoms. The van der Waals surface area contributed by atoms with E-state index in [4.69, 9.17) is 0 Å². The summed E-state index contributed by atoms with van der Waals surface area (Å²) in [5, 5.41) is 12.5. The molecular weight excluding hydrogens is 266 g/mol. The van der Waals surface area contributed by atoms with Crippen molar-refractivity contribution in [3.05, 3.63) is 40.4 Å². The van der Waals surface area contributed by atoms with E-state index in [1.807, 2.05) is 44.0 Å². The van der Waals surface area contributed by atoms with Crippen LogP contribution in [0.2, 0.25) is 0 Å². The minimum absolute atomic E-state index is 0.0614. The van der Waals surface area contributed by atoms with Crippen LogP contribution in [-0.4, -0.2) is 32.5 Å². The molecule has 2 aromatic rings. The summed E-state index contributed by atoms with van der Waals surface area (Å²) in [6.45, 7) is 7.81. The van der Waals surface area contributed by atoms with Crippen molar-refractivity contribution in [2.75, 3.05) is 5.01 Å². The van der Waals surface area contributed by atoms with Crippen LogP contribution in [0, 0.1) is 0 Å². The Labute approximate surface area is 123 Å². The molecule has 5 heteroatoms. The van der Waals surface area contributed by atoms with Gasteiger partial charge in [-0.3, -0.25) is 9.80 Å². The molecule has 2 atom stereocenters. The first kappa shape index (κ1) is 14.1. The third kappa shape index (κ3) is 1.95. The fourth-order valence-electron chi connectivity index (χ4n) is 3.29. The number of fused-ring (bicyclic) bond motifs is 1. The standard InChI is InChI=1S/C16H21N3O2/c1-5-13-17-12-9-7-6-8-11(12)15(21)18(13)19-14(10(2)20)16(19,3)4/h6-10,14,20H,5H2,1-4H3/t10-,14-,19?/m1/s1. The predicted octanol–water partition coefficient (Wildman–Crippen LogP) is 1.44. The maximum absolute atomic E-state index is 12.8. The van der Waals surface area contributed by atoms with Gasteiger partial charge >= 0.3 is 0 Å². The number of aromatic nitrogens is 2. The molecule has 0 radical (unpaired) electrons. The number of aliphatic hydroxyl groups is 1. The van der Waals surface area contributed by atoms with E-state index in [0.29, 0.717) is 11.8 Å². The molecule has 0 amide bonds. The van der Waals surface area contributed by atoms with Gasteiger partial charge in [-0.2, -0.15) is 0 Å². The molecule has 0 unspecified atom stereocenters. The monoisotopic (exact) mass is 287 g/mol. The van der Waals surface area contributed by atoms with Crippen molar-refractivity contribution >= 4 is 10.9 Å². The Morgan fingerprint density at radius 2 is 2.05 bits per heavy atom. The average molecular weight is 287 g/mol. The van der Waals surface area contributed by atoms with E-state index in [-0.39, 0.29) is 17.1 Å². The number of hydrogen-bond acceptors (Lipinski definition) is 4. The number of nitrogens with zero attached hydrogens (tertiary/aromatic N) is 3. The lowest BCUT2D eigenvalue weighted by molar-refractivity contribution is 0.187. The largest absolute Gasteiger partial charge is 0.391 e. The van der Waals surface area contributed by atoms with E-state index in [1.165, 1.54) is 0 Å². The molecule has 3 rings (SSSR count). The van der Waals surface area contributed by atoms with Crippen molar-refractivity contribution in [1.82, 2.24) is 9.66 Å². The Morgan fingerprint density at radius 3 is 2.62 bits per heavy atom. The molecule has 1 aliphatic rings. The molecule has 21 heavy (non-hydrogen) atoms. The lowest BCUT2D eigenvalue weighted by Gasteiger charge is -2.17. The molecule has 1 aromatic heterocycles. The van der Waals surface area contributed by atoms with Crippen molar-refractivity contribution in [2.24, 2.45) is 0 Å². The van der Waals surface area contributed by atoms with Gasteiger partial charge in [-0.1, -0.05) is 19.1 Å². The zero-order chi connectivity index (χ0) is 15.4. The number of aliphatic hydroxyl groups excluding tert-OH is 1. The Bertz CT molecular complexity index is 749. The van der Waals surface area contributed by atoms with Crippen LogP contribution in [-0.2, 0) is 6.42 Å². The summed E-state index contributed by atoms with van der Waals surface area (Å²) in [6.07, 6.45) is 0.169. The highest BCUT2D eigenvalue weighted by atomic mass is 16.3. The fourth-order valence-corrected chi connectivity index (χ4v) is 3.29. The summed E-state index contributed by atoms with van der Waals surface area (Å²) < 4.78 is 1.65. The second-order valence-electron chi connectivity index (χ2n) is 6.20. The van der Waals surface area contributed by atoms with Crippen molar-refractivity contribution in [1.29, 1.82) is 0 Å². The van der Waals surface area contributed by atoms with Gasteiger partial charge in [0.1, 0.15) is 5.82 Å². The van der Waals surface area contributed by atoms with Crippen LogP contribution in [0.25, 0.3) is 10.9 Å². The van der Waals surface area contributed by atoms with Gasteiger partial charge in [0.15, 0.2) is 0 Å². The molecule has 1 N–H and O–H groups in total. The summed E-state index contributed by atoms with van der Waals surface area (Å²) in [4.78, 5) is 17.5. The maximum atomic E-state index is 12.8. The highest BCUT2D eigenvalue weighted by molar-refractivity contribution is 5.77. The first-order chi connectivity index (χ1) is 9.89. The number of rotatable bonds is 3. The summed E-state index contributed by atoms with van der Waals surface area (Å²) in [5.41, 5.74) is 0.420. The van der Waals surface area contributed by atoms with Crippen LogP contribution in [0.3, 0.4) is 0 Å². The van der Waals surface area contributed by atoms with E-state index < -0.39 is 6.10 Å². The molecule has 5 nitrogen and oxygen atoms in total. The van der Waals surface area contributed by atoms with Crippen LogP contribution >= 0.6 is 0 Å². The predicted molar refractivity (Wildman–Crippen MR) is 83.1 cm³/mol. The Balaban J connectivity index is 2.24.